The van der Waals surface area contributed by atoms with Crippen LogP contribution in [-0.2, 0) is 42.2 Å². The number of nitrogens with zero attached hydrogens (tertiary/aromatic N) is 2. The van der Waals surface area contributed by atoms with E-state index in [1.54, 1.807) is 17.5 Å². The zero-order chi connectivity index (χ0) is 33.3. The molecule has 1 aromatic heterocycles. The number of carbonyl (C=O) groups excluding carboxylic acids is 4. The van der Waals surface area contributed by atoms with Crippen LogP contribution in [0, 0.1) is 5.92 Å². The number of allylic oxidation sites excluding steroid dienone is 1. The smallest absolute Gasteiger partial charge is 0.410 e. The lowest BCUT2D eigenvalue weighted by molar-refractivity contribution is -0.141. The SMILES string of the molecule is O=C1N[C@]2(C(=O)NS(=O)(=O)c3cccs3)C[C@H]2/C=C\CCCCC[C@H](NCl)C(=O)N2C[C@H](OC(=O)N3Cc4cccc(Cl)c4C3)C[C@@H]12. The lowest BCUT2D eigenvalue weighted by Gasteiger charge is -2.29. The Bertz CT molecular complexity index is 1690. The van der Waals surface area contributed by atoms with Crippen LogP contribution in [0.5, 0.6) is 0 Å². The topological polar surface area (TPSA) is 154 Å². The van der Waals surface area contributed by atoms with Gasteiger partial charge in [-0.3, -0.25) is 19.3 Å². The van der Waals surface area contributed by atoms with Crippen molar-refractivity contribution in [2.45, 2.75) is 86.0 Å². The third-order valence-corrected chi connectivity index (χ3v) is 12.6. The van der Waals surface area contributed by atoms with Gasteiger partial charge >= 0.3 is 6.09 Å². The van der Waals surface area contributed by atoms with Crippen LogP contribution in [0.2, 0.25) is 5.02 Å². The van der Waals surface area contributed by atoms with E-state index in [9.17, 15) is 27.6 Å². The number of hydrogen-bond acceptors (Lipinski definition) is 9. The number of rotatable bonds is 5. The molecule has 4 aliphatic rings. The largest absolute Gasteiger partial charge is 0.444 e. The highest BCUT2D eigenvalue weighted by atomic mass is 35.5. The van der Waals surface area contributed by atoms with Gasteiger partial charge in [-0.05, 0) is 66.1 Å². The summed E-state index contributed by atoms with van der Waals surface area (Å²) >= 11 is 13.3. The molecule has 3 aliphatic heterocycles. The first kappa shape index (κ1) is 33.7. The minimum atomic E-state index is -4.16. The summed E-state index contributed by atoms with van der Waals surface area (Å²) in [6.45, 7) is 0.522. The van der Waals surface area contributed by atoms with Crippen molar-refractivity contribution in [3.05, 3.63) is 64.0 Å². The summed E-state index contributed by atoms with van der Waals surface area (Å²) < 4.78 is 33.8. The van der Waals surface area contributed by atoms with Crippen LogP contribution < -0.4 is 14.9 Å². The summed E-state index contributed by atoms with van der Waals surface area (Å²) in [7, 11) is -4.16. The lowest BCUT2D eigenvalue weighted by Crippen LogP contribution is -2.57. The summed E-state index contributed by atoms with van der Waals surface area (Å²) in [6, 6.07) is 6.51. The molecule has 2 fully saturated rings. The van der Waals surface area contributed by atoms with E-state index in [0.29, 0.717) is 24.4 Å². The first-order valence-electron chi connectivity index (χ1n) is 15.5. The van der Waals surface area contributed by atoms with Gasteiger partial charge in [0.25, 0.3) is 15.9 Å². The number of ether oxygens (including phenoxy) is 1. The Balaban J connectivity index is 1.23. The number of halogens is 2. The molecule has 1 aliphatic carbocycles. The van der Waals surface area contributed by atoms with E-state index in [4.69, 9.17) is 28.1 Å². The average Bonchev–Trinajstić information content (AvgIpc) is 3.51. The minimum Gasteiger partial charge on any atom is -0.444 e. The maximum Gasteiger partial charge on any atom is 0.410 e. The van der Waals surface area contributed by atoms with E-state index in [2.05, 4.69) is 14.9 Å². The van der Waals surface area contributed by atoms with Crippen molar-refractivity contribution in [2.24, 2.45) is 5.92 Å². The summed E-state index contributed by atoms with van der Waals surface area (Å²) in [4.78, 5) is 60.1. The van der Waals surface area contributed by atoms with Gasteiger partial charge in [-0.1, -0.05) is 54.8 Å². The second-order valence-electron chi connectivity index (χ2n) is 12.3. The molecular weight excluding hydrogens is 689 g/mol. The molecular formula is C31H35Cl2N5O7S2. The summed E-state index contributed by atoms with van der Waals surface area (Å²) in [5.41, 5.74) is 0.220. The highest BCUT2D eigenvalue weighted by Gasteiger charge is 2.61. The Hall–Kier alpha value is -3.17. The highest BCUT2D eigenvalue weighted by Crippen LogP contribution is 2.46. The van der Waals surface area contributed by atoms with Gasteiger partial charge in [0.05, 0.1) is 13.1 Å². The monoisotopic (exact) mass is 723 g/mol. The number of thiophene rings is 1. The van der Waals surface area contributed by atoms with E-state index in [0.717, 1.165) is 41.7 Å². The Labute approximate surface area is 286 Å². The van der Waals surface area contributed by atoms with Crippen molar-refractivity contribution >= 4 is 68.6 Å². The first-order chi connectivity index (χ1) is 22.5. The van der Waals surface area contributed by atoms with Gasteiger partial charge in [0.2, 0.25) is 11.8 Å². The molecule has 252 valence electrons. The fourth-order valence-corrected chi connectivity index (χ4v) is 9.03. The van der Waals surface area contributed by atoms with Crippen LogP contribution in [0.25, 0.3) is 0 Å². The van der Waals surface area contributed by atoms with Gasteiger partial charge in [0.1, 0.15) is 27.9 Å². The Morgan fingerprint density at radius 1 is 1.11 bits per heavy atom. The van der Waals surface area contributed by atoms with E-state index >= 15 is 0 Å². The van der Waals surface area contributed by atoms with Gasteiger partial charge < -0.3 is 15.0 Å². The van der Waals surface area contributed by atoms with Crippen molar-refractivity contribution in [1.29, 1.82) is 0 Å². The Morgan fingerprint density at radius 2 is 1.94 bits per heavy atom. The molecule has 0 spiro atoms. The van der Waals surface area contributed by atoms with Gasteiger partial charge in [0, 0.05) is 23.9 Å². The van der Waals surface area contributed by atoms with Crippen molar-refractivity contribution in [2.75, 3.05) is 6.54 Å². The third kappa shape index (κ3) is 7.02. The van der Waals surface area contributed by atoms with Crippen LogP contribution in [0.1, 0.15) is 56.1 Å². The number of fused-ring (bicyclic) bond motifs is 3. The Morgan fingerprint density at radius 3 is 2.68 bits per heavy atom. The number of carbonyl (C=O) groups is 4. The van der Waals surface area contributed by atoms with Gasteiger partial charge in [-0.2, -0.15) is 0 Å². The van der Waals surface area contributed by atoms with Crippen LogP contribution in [0.3, 0.4) is 0 Å². The number of amides is 4. The second-order valence-corrected chi connectivity index (χ2v) is 15.8. The Kier molecular flexibility index (Phi) is 9.86. The van der Waals surface area contributed by atoms with E-state index < -0.39 is 63.5 Å². The molecule has 4 heterocycles. The lowest BCUT2D eigenvalue weighted by atomic mass is 10.1. The van der Waals surface area contributed by atoms with Crippen LogP contribution in [0.15, 0.2) is 52.1 Å². The molecule has 47 heavy (non-hydrogen) atoms. The first-order valence-corrected chi connectivity index (χ1v) is 18.6. The normalized spacial score (nSPS) is 28.6. The maximum absolute atomic E-state index is 14.0. The number of benzene rings is 1. The maximum atomic E-state index is 14.0. The number of nitrogens with one attached hydrogen (secondary N) is 3. The molecule has 1 saturated carbocycles. The molecule has 2 aromatic rings. The standard InChI is InChI=1S/C31H35Cl2N5O7S2/c32-23-10-6-8-19-16-37(18-22(19)23)30(42)45-21-14-25-27(39)34-31(29(41)36-47(43,44)26-12-7-13-46-26)15-20(31)9-4-2-1-3-5-11-24(35-33)28(40)38(25)17-21/h4,6-10,12-13,20-21,24-25,35H,1-3,5,11,14-18H2,(H,34,39)(H,36,41)/b9-4-/t20-,21-,24+,25+,31-/m1/s1. The van der Waals surface area contributed by atoms with Crippen LogP contribution in [-0.4, -0.2) is 72.3 Å². The highest BCUT2D eigenvalue weighted by molar-refractivity contribution is 7.92. The zero-order valence-corrected chi connectivity index (χ0v) is 28.5. The van der Waals surface area contributed by atoms with Crippen molar-refractivity contribution < 1.29 is 32.3 Å². The fourth-order valence-electron chi connectivity index (χ4n) is 6.54. The molecule has 5 atom stereocenters. The quantitative estimate of drug-likeness (QED) is 0.311. The van der Waals surface area contributed by atoms with Crippen molar-refractivity contribution in [1.82, 2.24) is 24.7 Å². The van der Waals surface area contributed by atoms with Crippen LogP contribution in [0.4, 0.5) is 4.79 Å². The number of hydrogen-bond donors (Lipinski definition) is 3. The van der Waals surface area contributed by atoms with Gasteiger partial charge in [0.15, 0.2) is 0 Å². The molecule has 4 amide bonds. The number of sulfonamides is 1. The van der Waals surface area contributed by atoms with E-state index in [-0.39, 0.29) is 30.1 Å². The average molecular weight is 725 g/mol. The van der Waals surface area contributed by atoms with E-state index in [1.165, 1.54) is 15.9 Å². The zero-order valence-electron chi connectivity index (χ0n) is 25.3. The summed E-state index contributed by atoms with van der Waals surface area (Å²) in [5, 5.41) is 4.94. The molecule has 1 aromatic carbocycles. The minimum absolute atomic E-state index is 0.0223. The third-order valence-electron chi connectivity index (χ3n) is 9.22. The van der Waals surface area contributed by atoms with E-state index in [1.807, 2.05) is 24.3 Å². The fraction of sp³-hybridized carbons (Fsp3) is 0.484. The van der Waals surface area contributed by atoms with Crippen molar-refractivity contribution in [3.63, 3.8) is 0 Å². The second kappa shape index (κ2) is 13.7. The molecule has 1 saturated heterocycles. The van der Waals surface area contributed by atoms with Crippen molar-refractivity contribution in [3.8, 4) is 0 Å². The molecule has 16 heteroatoms. The van der Waals surface area contributed by atoms with Gasteiger partial charge in [-0.15, -0.1) is 11.3 Å². The molecule has 0 bridgehead atoms. The molecule has 0 radical (unpaired) electrons. The molecule has 0 unspecified atom stereocenters. The van der Waals surface area contributed by atoms with Gasteiger partial charge in [-0.25, -0.2) is 22.8 Å². The molecule has 12 nitrogen and oxygen atoms in total. The summed E-state index contributed by atoms with van der Waals surface area (Å²) in [5.74, 6) is -2.39. The predicted molar refractivity (Wildman–Crippen MR) is 175 cm³/mol. The predicted octanol–water partition coefficient (Wildman–Crippen LogP) is 3.84. The molecule has 3 N–H and O–H groups in total. The van der Waals surface area contributed by atoms with Crippen LogP contribution >= 0.6 is 34.7 Å². The molecule has 6 rings (SSSR count). The summed E-state index contributed by atoms with van der Waals surface area (Å²) in [6.07, 6.45) is 6.03.